The molecule has 0 aliphatic heterocycles. The molecule has 0 spiro atoms. The van der Waals surface area contributed by atoms with Gasteiger partial charge in [0.15, 0.2) is 0 Å². The number of hydrogen-bond donors (Lipinski definition) is 2. The first kappa shape index (κ1) is 27.0. The Balaban J connectivity index is 1.73. The van der Waals surface area contributed by atoms with Crippen LogP contribution < -0.4 is 20.3 Å². The van der Waals surface area contributed by atoms with Crippen LogP contribution in [0.5, 0.6) is 5.88 Å². The number of halogens is 2. The second-order valence-corrected chi connectivity index (χ2v) is 10.5. The van der Waals surface area contributed by atoms with Crippen molar-refractivity contribution < 1.29 is 22.3 Å². The molecule has 4 rings (SSSR count). The summed E-state index contributed by atoms with van der Waals surface area (Å²) >= 11 is 5.96. The Hall–Kier alpha value is -4.03. The fourth-order valence-corrected chi connectivity index (χ4v) is 5.41. The van der Waals surface area contributed by atoms with Crippen LogP contribution in [0, 0.1) is 11.7 Å². The number of sulfonamides is 1. The van der Waals surface area contributed by atoms with Crippen LogP contribution in [0.25, 0.3) is 22.0 Å². The molecule has 0 aliphatic carbocycles. The van der Waals surface area contributed by atoms with Crippen molar-refractivity contribution in [2.45, 2.75) is 18.4 Å². The molecule has 198 valence electrons. The number of benzene rings is 2. The summed E-state index contributed by atoms with van der Waals surface area (Å²) in [7, 11) is -1.37. The highest BCUT2D eigenvalue weighted by Gasteiger charge is 2.22. The van der Waals surface area contributed by atoms with E-state index in [0.29, 0.717) is 22.0 Å². The van der Waals surface area contributed by atoms with Gasteiger partial charge in [0.05, 0.1) is 35.3 Å². The van der Waals surface area contributed by atoms with Gasteiger partial charge in [-0.2, -0.15) is 0 Å². The van der Waals surface area contributed by atoms with Gasteiger partial charge >= 0.3 is 0 Å². The van der Waals surface area contributed by atoms with Crippen LogP contribution in [0.3, 0.4) is 0 Å². The molecule has 0 bridgehead atoms. The molecule has 1 amide bonds. The van der Waals surface area contributed by atoms with E-state index in [9.17, 15) is 22.4 Å². The molecule has 1 atom stereocenters. The van der Waals surface area contributed by atoms with Crippen LogP contribution in [-0.2, 0) is 21.4 Å². The van der Waals surface area contributed by atoms with Gasteiger partial charge in [0.25, 0.3) is 15.6 Å². The Bertz CT molecular complexity index is 1710. The molecule has 4 aromatic rings. The van der Waals surface area contributed by atoms with E-state index in [0.717, 1.165) is 18.2 Å². The topological polar surface area (TPSA) is 132 Å². The summed E-state index contributed by atoms with van der Waals surface area (Å²) in [6.45, 7) is 1.85. The van der Waals surface area contributed by atoms with Crippen LogP contribution in [0.4, 0.5) is 10.1 Å². The Morgan fingerprint density at radius 2 is 1.92 bits per heavy atom. The fourth-order valence-electron chi connectivity index (χ4n) is 3.83. The number of anilines is 1. The van der Waals surface area contributed by atoms with Gasteiger partial charge in [-0.25, -0.2) is 22.8 Å². The SMILES string of the molecule is CNC(=O)[C@@H](C)Cn1cnc2ccc(-c3cnc(OC)c(NS(=O)(=O)c4ccc(F)cc4Cl)c3)cc2c1=O. The first-order valence-electron chi connectivity index (χ1n) is 11.3. The van der Waals surface area contributed by atoms with Gasteiger partial charge in [-0.3, -0.25) is 18.9 Å². The fraction of sp³-hybridized carbons (Fsp3) is 0.200. The highest BCUT2D eigenvalue weighted by atomic mass is 35.5. The normalized spacial score (nSPS) is 12.2. The van der Waals surface area contributed by atoms with Crippen LogP contribution in [-0.4, -0.2) is 43.0 Å². The first-order chi connectivity index (χ1) is 18.0. The number of aromatic nitrogens is 3. The van der Waals surface area contributed by atoms with E-state index >= 15 is 0 Å². The van der Waals surface area contributed by atoms with Crippen molar-refractivity contribution in [2.24, 2.45) is 5.92 Å². The summed E-state index contributed by atoms with van der Waals surface area (Å²) in [5.41, 5.74) is 1.17. The number of nitrogens with zero attached hydrogens (tertiary/aromatic N) is 3. The lowest BCUT2D eigenvalue weighted by Gasteiger charge is -2.14. The van der Waals surface area contributed by atoms with Crippen molar-refractivity contribution in [3.8, 4) is 17.0 Å². The molecule has 13 heteroatoms. The number of methoxy groups -OCH3 is 1. The number of fused-ring (bicyclic) bond motifs is 1. The molecule has 0 unspecified atom stereocenters. The molecule has 0 fully saturated rings. The molecule has 10 nitrogen and oxygen atoms in total. The highest BCUT2D eigenvalue weighted by Crippen LogP contribution is 2.32. The summed E-state index contributed by atoms with van der Waals surface area (Å²) in [5.74, 6) is -1.34. The third-order valence-electron chi connectivity index (χ3n) is 5.79. The van der Waals surface area contributed by atoms with E-state index in [-0.39, 0.29) is 39.5 Å². The Labute approximate surface area is 222 Å². The van der Waals surface area contributed by atoms with Gasteiger partial charge in [-0.15, -0.1) is 0 Å². The maximum atomic E-state index is 13.4. The molecule has 2 aromatic carbocycles. The smallest absolute Gasteiger partial charge is 0.263 e. The summed E-state index contributed by atoms with van der Waals surface area (Å²) < 4.78 is 48.3. The number of rotatable bonds is 8. The number of hydrogen-bond acceptors (Lipinski definition) is 7. The van der Waals surface area contributed by atoms with E-state index in [2.05, 4.69) is 20.0 Å². The second kappa shape index (κ2) is 10.8. The Morgan fingerprint density at radius 3 is 2.61 bits per heavy atom. The number of carbonyl (C=O) groups is 1. The zero-order valence-electron chi connectivity index (χ0n) is 20.5. The quantitative estimate of drug-likeness (QED) is 0.338. The van der Waals surface area contributed by atoms with E-state index in [1.807, 2.05) is 0 Å². The molecule has 2 heterocycles. The summed E-state index contributed by atoms with van der Waals surface area (Å²) in [5, 5.41) is 2.58. The van der Waals surface area contributed by atoms with Gasteiger partial charge in [0.1, 0.15) is 16.4 Å². The summed E-state index contributed by atoms with van der Waals surface area (Å²) in [4.78, 5) is 33.2. The average Bonchev–Trinajstić information content (AvgIpc) is 2.89. The zero-order valence-corrected chi connectivity index (χ0v) is 22.1. The van der Waals surface area contributed by atoms with Crippen LogP contribution in [0.1, 0.15) is 6.92 Å². The predicted molar refractivity (Wildman–Crippen MR) is 141 cm³/mol. The lowest BCUT2D eigenvalue weighted by atomic mass is 10.0. The molecular formula is C25H23ClFN5O5S. The van der Waals surface area contributed by atoms with E-state index in [1.54, 1.807) is 25.1 Å². The molecule has 0 radical (unpaired) electrons. The third kappa shape index (κ3) is 5.46. The largest absolute Gasteiger partial charge is 0.480 e. The minimum absolute atomic E-state index is 0.00786. The van der Waals surface area contributed by atoms with Crippen molar-refractivity contribution >= 4 is 44.1 Å². The van der Waals surface area contributed by atoms with Gasteiger partial charge < -0.3 is 10.1 Å². The monoisotopic (exact) mass is 559 g/mol. The predicted octanol–water partition coefficient (Wildman–Crippen LogP) is 3.44. The summed E-state index contributed by atoms with van der Waals surface area (Å²) in [6, 6.07) is 9.41. The van der Waals surface area contributed by atoms with Gasteiger partial charge in [-0.1, -0.05) is 24.6 Å². The zero-order chi connectivity index (χ0) is 27.6. The third-order valence-corrected chi connectivity index (χ3v) is 7.64. The number of nitrogens with one attached hydrogen (secondary N) is 2. The van der Waals surface area contributed by atoms with Crippen LogP contribution in [0.2, 0.25) is 5.02 Å². The highest BCUT2D eigenvalue weighted by molar-refractivity contribution is 7.92. The van der Waals surface area contributed by atoms with Crippen molar-refractivity contribution in [3.63, 3.8) is 0 Å². The van der Waals surface area contributed by atoms with E-state index in [1.165, 1.54) is 37.3 Å². The van der Waals surface area contributed by atoms with Crippen molar-refractivity contribution in [1.29, 1.82) is 0 Å². The average molecular weight is 560 g/mol. The molecular weight excluding hydrogens is 537 g/mol. The van der Waals surface area contributed by atoms with Crippen LogP contribution in [0.15, 0.2) is 64.7 Å². The molecule has 0 saturated heterocycles. The van der Waals surface area contributed by atoms with E-state index in [4.69, 9.17) is 16.3 Å². The van der Waals surface area contributed by atoms with Gasteiger partial charge in [0, 0.05) is 25.4 Å². The lowest BCUT2D eigenvalue weighted by molar-refractivity contribution is -0.124. The second-order valence-electron chi connectivity index (χ2n) is 8.41. The Kier molecular flexibility index (Phi) is 7.65. The first-order valence-corrected chi connectivity index (χ1v) is 13.1. The molecule has 0 aliphatic rings. The minimum Gasteiger partial charge on any atom is -0.480 e. The molecule has 2 aromatic heterocycles. The van der Waals surface area contributed by atoms with Crippen molar-refractivity contribution in [2.75, 3.05) is 18.9 Å². The lowest BCUT2D eigenvalue weighted by Crippen LogP contribution is -2.32. The molecule has 2 N–H and O–H groups in total. The number of amides is 1. The van der Waals surface area contributed by atoms with Crippen LogP contribution >= 0.6 is 11.6 Å². The van der Waals surface area contributed by atoms with Crippen molar-refractivity contribution in [3.05, 3.63) is 76.2 Å². The number of pyridine rings is 1. The summed E-state index contributed by atoms with van der Waals surface area (Å²) in [6.07, 6.45) is 2.86. The number of ether oxygens (including phenoxy) is 1. The standard InChI is InChI=1S/C25H23ClFN5O5S/c1-14(23(33)28-2)12-32-13-30-20-6-4-15(8-18(20)25(32)34)16-9-21(24(37-3)29-11-16)31-38(35,36)22-7-5-17(27)10-19(22)26/h4-11,13-14,31H,12H2,1-3H3,(H,28,33)/t14-/m0/s1. The minimum atomic E-state index is -4.22. The number of carbonyl (C=O) groups excluding carboxylic acids is 1. The molecule has 38 heavy (non-hydrogen) atoms. The maximum Gasteiger partial charge on any atom is 0.263 e. The van der Waals surface area contributed by atoms with Gasteiger partial charge in [0.2, 0.25) is 11.8 Å². The Morgan fingerprint density at radius 1 is 1.16 bits per heavy atom. The maximum absolute atomic E-state index is 13.4. The van der Waals surface area contributed by atoms with E-state index < -0.39 is 21.8 Å². The molecule has 0 saturated carbocycles. The van der Waals surface area contributed by atoms with Crippen molar-refractivity contribution in [1.82, 2.24) is 19.9 Å². The van der Waals surface area contributed by atoms with Gasteiger partial charge in [-0.05, 0) is 42.0 Å².